The molecular weight excluding hydrogens is 294 g/mol. The Kier molecular flexibility index (Phi) is 3.93. The molecule has 0 spiro atoms. The summed E-state index contributed by atoms with van der Waals surface area (Å²) in [6.07, 6.45) is 1.76. The van der Waals surface area contributed by atoms with E-state index in [0.717, 1.165) is 10.9 Å². The van der Waals surface area contributed by atoms with Crippen molar-refractivity contribution < 1.29 is 19.0 Å². The van der Waals surface area contributed by atoms with Crippen LogP contribution in [0.4, 0.5) is 0 Å². The minimum Gasteiger partial charge on any atom is -0.493 e. The van der Waals surface area contributed by atoms with Gasteiger partial charge in [0.1, 0.15) is 0 Å². The molecule has 0 N–H and O–H groups in total. The van der Waals surface area contributed by atoms with Crippen molar-refractivity contribution in [2.75, 3.05) is 21.3 Å². The molecule has 0 fully saturated rings. The van der Waals surface area contributed by atoms with Gasteiger partial charge in [0.25, 0.3) is 5.91 Å². The van der Waals surface area contributed by atoms with Gasteiger partial charge in [-0.3, -0.25) is 9.36 Å². The molecule has 23 heavy (non-hydrogen) atoms. The summed E-state index contributed by atoms with van der Waals surface area (Å²) in [4.78, 5) is 12.9. The summed E-state index contributed by atoms with van der Waals surface area (Å²) in [5, 5.41) is 1.01. The number of hydrogen-bond donors (Lipinski definition) is 0. The molecule has 0 radical (unpaired) electrons. The maximum atomic E-state index is 12.9. The lowest BCUT2D eigenvalue weighted by Gasteiger charge is -2.14. The molecule has 118 valence electrons. The number of carbonyl (C=O) groups excluding carboxylic acids is 1. The summed E-state index contributed by atoms with van der Waals surface area (Å²) in [6.45, 7) is 0. The number of carbonyl (C=O) groups is 1. The van der Waals surface area contributed by atoms with Crippen LogP contribution in [0.5, 0.6) is 17.2 Å². The molecule has 0 amide bonds. The molecular formula is C18H17NO4. The van der Waals surface area contributed by atoms with Crippen molar-refractivity contribution >= 4 is 16.8 Å². The second kappa shape index (κ2) is 6.04. The number of ether oxygens (including phenoxy) is 3. The van der Waals surface area contributed by atoms with Gasteiger partial charge in [0.2, 0.25) is 5.75 Å². The fourth-order valence-electron chi connectivity index (χ4n) is 2.60. The third-order valence-electron chi connectivity index (χ3n) is 3.73. The van der Waals surface area contributed by atoms with E-state index in [2.05, 4.69) is 0 Å². The summed E-state index contributed by atoms with van der Waals surface area (Å²) in [7, 11) is 4.58. The van der Waals surface area contributed by atoms with Crippen LogP contribution < -0.4 is 14.2 Å². The summed E-state index contributed by atoms with van der Waals surface area (Å²) < 4.78 is 17.5. The Hall–Kier alpha value is -2.95. The molecule has 0 unspecified atom stereocenters. The Morgan fingerprint density at radius 3 is 2.17 bits per heavy atom. The highest BCUT2D eigenvalue weighted by Gasteiger charge is 2.18. The van der Waals surface area contributed by atoms with Gasteiger partial charge in [0.05, 0.1) is 26.8 Å². The first-order chi connectivity index (χ1) is 11.2. The van der Waals surface area contributed by atoms with Crippen LogP contribution in [0.2, 0.25) is 0 Å². The van der Waals surface area contributed by atoms with Crippen molar-refractivity contribution in [2.45, 2.75) is 0 Å². The van der Waals surface area contributed by atoms with Crippen LogP contribution in [0.15, 0.2) is 48.7 Å². The standard InChI is InChI=1S/C18H17NO4/c1-21-15-10-13(11-16(22-2)17(15)23-3)18(20)19-9-8-12-6-4-5-7-14(12)19/h4-11H,1-3H3. The summed E-state index contributed by atoms with van der Waals surface area (Å²) in [6, 6.07) is 12.9. The first-order valence-electron chi connectivity index (χ1n) is 7.10. The Bertz CT molecular complexity index is 841. The van der Waals surface area contributed by atoms with Crippen LogP contribution in [0.25, 0.3) is 10.9 Å². The van der Waals surface area contributed by atoms with Gasteiger partial charge in [0, 0.05) is 17.1 Å². The number of nitrogens with zero attached hydrogens (tertiary/aromatic N) is 1. The minimum atomic E-state index is -0.162. The van der Waals surface area contributed by atoms with E-state index in [-0.39, 0.29) is 5.91 Å². The zero-order chi connectivity index (χ0) is 16.4. The molecule has 0 aliphatic carbocycles. The first kappa shape index (κ1) is 15.0. The third-order valence-corrected chi connectivity index (χ3v) is 3.73. The number of fused-ring (bicyclic) bond motifs is 1. The highest BCUT2D eigenvalue weighted by molar-refractivity contribution is 6.02. The predicted molar refractivity (Wildman–Crippen MR) is 87.8 cm³/mol. The van der Waals surface area contributed by atoms with Crippen molar-refractivity contribution in [1.82, 2.24) is 4.57 Å². The quantitative estimate of drug-likeness (QED) is 0.741. The van der Waals surface area contributed by atoms with Crippen LogP contribution in [-0.2, 0) is 0 Å². The smallest absolute Gasteiger partial charge is 0.262 e. The molecule has 3 rings (SSSR count). The van der Waals surface area contributed by atoms with Gasteiger partial charge in [-0.25, -0.2) is 0 Å². The summed E-state index contributed by atoms with van der Waals surface area (Å²) in [5.41, 5.74) is 1.31. The number of benzene rings is 2. The van der Waals surface area contributed by atoms with E-state index in [9.17, 15) is 4.79 Å². The zero-order valence-corrected chi connectivity index (χ0v) is 13.2. The molecule has 0 bridgehead atoms. The normalized spacial score (nSPS) is 10.6. The van der Waals surface area contributed by atoms with Crippen molar-refractivity contribution in [3.8, 4) is 17.2 Å². The van der Waals surface area contributed by atoms with Crippen LogP contribution in [-0.4, -0.2) is 31.8 Å². The molecule has 0 saturated heterocycles. The van der Waals surface area contributed by atoms with Gasteiger partial charge in [-0.15, -0.1) is 0 Å². The van der Waals surface area contributed by atoms with Crippen molar-refractivity contribution in [3.63, 3.8) is 0 Å². The molecule has 2 aromatic carbocycles. The van der Waals surface area contributed by atoms with E-state index in [1.54, 1.807) is 22.9 Å². The van der Waals surface area contributed by atoms with Crippen molar-refractivity contribution in [2.24, 2.45) is 0 Å². The maximum absolute atomic E-state index is 12.9. The molecule has 5 nitrogen and oxygen atoms in total. The van der Waals surface area contributed by atoms with Gasteiger partial charge in [-0.1, -0.05) is 18.2 Å². The van der Waals surface area contributed by atoms with E-state index >= 15 is 0 Å². The van der Waals surface area contributed by atoms with Gasteiger partial charge in [-0.2, -0.15) is 0 Å². The van der Waals surface area contributed by atoms with E-state index < -0.39 is 0 Å². The maximum Gasteiger partial charge on any atom is 0.262 e. The Morgan fingerprint density at radius 1 is 0.913 bits per heavy atom. The Morgan fingerprint density at radius 2 is 1.57 bits per heavy atom. The Balaban J connectivity index is 2.12. The monoisotopic (exact) mass is 311 g/mol. The summed E-state index contributed by atoms with van der Waals surface area (Å²) in [5.74, 6) is 1.20. The van der Waals surface area contributed by atoms with Gasteiger partial charge in [-0.05, 0) is 24.3 Å². The van der Waals surface area contributed by atoms with Crippen molar-refractivity contribution in [3.05, 3.63) is 54.2 Å². The number of methoxy groups -OCH3 is 3. The largest absolute Gasteiger partial charge is 0.493 e. The molecule has 0 aliphatic heterocycles. The fourth-order valence-corrected chi connectivity index (χ4v) is 2.60. The molecule has 0 saturated carbocycles. The number of rotatable bonds is 4. The third kappa shape index (κ3) is 2.50. The van der Waals surface area contributed by atoms with Gasteiger partial charge < -0.3 is 14.2 Å². The van der Waals surface area contributed by atoms with Crippen LogP contribution >= 0.6 is 0 Å². The molecule has 1 heterocycles. The lowest BCUT2D eigenvalue weighted by molar-refractivity contribution is 0.0964. The lowest BCUT2D eigenvalue weighted by Crippen LogP contribution is -2.11. The zero-order valence-electron chi connectivity index (χ0n) is 13.2. The van der Waals surface area contributed by atoms with Gasteiger partial charge in [0.15, 0.2) is 11.5 Å². The lowest BCUT2D eigenvalue weighted by atomic mass is 10.1. The average molecular weight is 311 g/mol. The number of para-hydroxylation sites is 1. The van der Waals surface area contributed by atoms with E-state index in [1.807, 2.05) is 30.3 Å². The molecule has 0 aliphatic rings. The molecule has 3 aromatic rings. The number of hydrogen-bond acceptors (Lipinski definition) is 4. The van der Waals surface area contributed by atoms with Crippen LogP contribution in [0.1, 0.15) is 10.4 Å². The Labute approximate surface area is 134 Å². The van der Waals surface area contributed by atoms with E-state index in [1.165, 1.54) is 21.3 Å². The van der Waals surface area contributed by atoms with Crippen LogP contribution in [0, 0.1) is 0 Å². The second-order valence-corrected chi connectivity index (χ2v) is 4.96. The minimum absolute atomic E-state index is 0.162. The SMILES string of the molecule is COc1cc(C(=O)n2ccc3ccccc32)cc(OC)c1OC. The topological polar surface area (TPSA) is 49.7 Å². The molecule has 1 aromatic heterocycles. The van der Waals surface area contributed by atoms with Crippen LogP contribution in [0.3, 0.4) is 0 Å². The molecule has 5 heteroatoms. The highest BCUT2D eigenvalue weighted by Crippen LogP contribution is 2.38. The predicted octanol–water partition coefficient (Wildman–Crippen LogP) is 3.36. The second-order valence-electron chi connectivity index (χ2n) is 4.96. The van der Waals surface area contributed by atoms with E-state index in [0.29, 0.717) is 22.8 Å². The average Bonchev–Trinajstić information content (AvgIpc) is 3.03. The first-order valence-corrected chi connectivity index (χ1v) is 7.10. The van der Waals surface area contributed by atoms with E-state index in [4.69, 9.17) is 14.2 Å². The number of aromatic nitrogens is 1. The highest BCUT2D eigenvalue weighted by atomic mass is 16.5. The van der Waals surface area contributed by atoms with Gasteiger partial charge >= 0.3 is 0 Å². The fraction of sp³-hybridized carbons (Fsp3) is 0.167. The molecule has 0 atom stereocenters. The van der Waals surface area contributed by atoms with Crippen molar-refractivity contribution in [1.29, 1.82) is 0 Å². The summed E-state index contributed by atoms with van der Waals surface area (Å²) >= 11 is 0.